The fourth-order valence-corrected chi connectivity index (χ4v) is 1.83. The molecule has 0 atom stereocenters. The van der Waals surface area contributed by atoms with E-state index in [1.165, 1.54) is 19.1 Å². The summed E-state index contributed by atoms with van der Waals surface area (Å²) in [7, 11) is 0. The zero-order valence-electron chi connectivity index (χ0n) is 11.0. The lowest BCUT2D eigenvalue weighted by Crippen LogP contribution is -2.12. The van der Waals surface area contributed by atoms with E-state index in [1.54, 1.807) is 12.1 Å². The lowest BCUT2D eigenvalue weighted by Gasteiger charge is -2.09. The smallest absolute Gasteiger partial charge is 0.257 e. The van der Waals surface area contributed by atoms with Crippen molar-refractivity contribution >= 4 is 34.8 Å². The van der Waals surface area contributed by atoms with E-state index < -0.39 is 11.9 Å². The van der Waals surface area contributed by atoms with E-state index in [1.807, 2.05) is 0 Å². The van der Waals surface area contributed by atoms with Crippen LogP contribution in [0, 0.1) is 5.95 Å². The van der Waals surface area contributed by atoms with Crippen LogP contribution >= 0.6 is 11.6 Å². The number of nitrogens with zero attached hydrogens (tertiary/aromatic N) is 1. The van der Waals surface area contributed by atoms with Gasteiger partial charge >= 0.3 is 0 Å². The molecule has 1 aromatic heterocycles. The van der Waals surface area contributed by atoms with Gasteiger partial charge < -0.3 is 10.6 Å². The Hall–Kier alpha value is -2.47. The summed E-state index contributed by atoms with van der Waals surface area (Å²) >= 11 is 6.00. The van der Waals surface area contributed by atoms with Crippen LogP contribution in [-0.4, -0.2) is 16.8 Å². The van der Waals surface area contributed by atoms with Crippen molar-refractivity contribution in [2.24, 2.45) is 0 Å². The molecule has 2 rings (SSSR count). The lowest BCUT2D eigenvalue weighted by atomic mass is 10.2. The molecule has 2 amide bonds. The van der Waals surface area contributed by atoms with E-state index in [2.05, 4.69) is 15.6 Å². The van der Waals surface area contributed by atoms with Crippen molar-refractivity contribution in [3.8, 4) is 0 Å². The van der Waals surface area contributed by atoms with Crippen LogP contribution in [0.4, 0.5) is 15.8 Å². The molecule has 7 heteroatoms. The summed E-state index contributed by atoms with van der Waals surface area (Å²) in [6.45, 7) is 1.37. The molecule has 0 aliphatic heterocycles. The molecular weight excluding hydrogens is 297 g/mol. The number of carbonyl (C=O) groups excluding carboxylic acids is 2. The number of halogens is 2. The van der Waals surface area contributed by atoms with Crippen LogP contribution in [0.5, 0.6) is 0 Å². The van der Waals surface area contributed by atoms with Gasteiger partial charge in [0.05, 0.1) is 16.3 Å². The van der Waals surface area contributed by atoms with E-state index in [0.29, 0.717) is 16.4 Å². The van der Waals surface area contributed by atoms with E-state index >= 15 is 0 Å². The second-order valence-electron chi connectivity index (χ2n) is 4.20. The SMILES string of the molecule is CC(=O)Nc1ccc(NC(=O)c2ccc(F)nc2)cc1Cl. The number of pyridine rings is 1. The average molecular weight is 308 g/mol. The second kappa shape index (κ2) is 6.32. The molecule has 0 saturated carbocycles. The van der Waals surface area contributed by atoms with Gasteiger partial charge in [-0.3, -0.25) is 9.59 Å². The number of anilines is 2. The fourth-order valence-electron chi connectivity index (χ4n) is 1.60. The van der Waals surface area contributed by atoms with Crippen LogP contribution in [-0.2, 0) is 4.79 Å². The molecule has 2 aromatic rings. The highest BCUT2D eigenvalue weighted by Gasteiger charge is 2.09. The van der Waals surface area contributed by atoms with Crippen molar-refractivity contribution in [2.75, 3.05) is 10.6 Å². The van der Waals surface area contributed by atoms with Gasteiger partial charge in [0, 0.05) is 18.8 Å². The molecule has 1 aromatic carbocycles. The van der Waals surface area contributed by atoms with Gasteiger partial charge in [0.25, 0.3) is 5.91 Å². The number of benzene rings is 1. The molecule has 5 nitrogen and oxygen atoms in total. The summed E-state index contributed by atoms with van der Waals surface area (Å²) in [4.78, 5) is 26.3. The first-order valence-electron chi connectivity index (χ1n) is 5.96. The third-order valence-corrected chi connectivity index (χ3v) is 2.84. The van der Waals surface area contributed by atoms with Crippen molar-refractivity contribution < 1.29 is 14.0 Å². The lowest BCUT2D eigenvalue weighted by molar-refractivity contribution is -0.114. The third kappa shape index (κ3) is 4.00. The minimum absolute atomic E-state index is 0.221. The maximum Gasteiger partial charge on any atom is 0.257 e. The molecule has 0 aliphatic rings. The molecule has 0 aliphatic carbocycles. The van der Waals surface area contributed by atoms with Crippen molar-refractivity contribution in [2.45, 2.75) is 6.92 Å². The van der Waals surface area contributed by atoms with Gasteiger partial charge in [-0.25, -0.2) is 4.98 Å². The third-order valence-electron chi connectivity index (χ3n) is 2.53. The monoisotopic (exact) mass is 307 g/mol. The van der Waals surface area contributed by atoms with Crippen LogP contribution in [0.15, 0.2) is 36.5 Å². The zero-order valence-corrected chi connectivity index (χ0v) is 11.7. The summed E-state index contributed by atoms with van der Waals surface area (Å²) < 4.78 is 12.7. The minimum atomic E-state index is -0.658. The molecule has 2 N–H and O–H groups in total. The van der Waals surface area contributed by atoms with Crippen molar-refractivity contribution in [1.82, 2.24) is 4.98 Å². The second-order valence-corrected chi connectivity index (χ2v) is 4.61. The average Bonchev–Trinajstić information content (AvgIpc) is 2.42. The topological polar surface area (TPSA) is 71.1 Å². The molecular formula is C14H11ClFN3O2. The quantitative estimate of drug-likeness (QED) is 0.856. The fraction of sp³-hybridized carbons (Fsp3) is 0.0714. The normalized spacial score (nSPS) is 10.0. The molecule has 21 heavy (non-hydrogen) atoms. The van der Waals surface area contributed by atoms with E-state index in [9.17, 15) is 14.0 Å². The summed E-state index contributed by atoms with van der Waals surface area (Å²) in [5, 5.41) is 5.45. The summed E-state index contributed by atoms with van der Waals surface area (Å²) in [6, 6.07) is 7.09. The summed E-state index contributed by atoms with van der Waals surface area (Å²) in [5.74, 6) is -1.34. The maximum absolute atomic E-state index is 12.7. The Balaban J connectivity index is 2.12. The van der Waals surface area contributed by atoms with E-state index in [-0.39, 0.29) is 11.5 Å². The predicted molar refractivity (Wildman–Crippen MR) is 77.9 cm³/mol. The number of carbonyl (C=O) groups is 2. The number of hydrogen-bond acceptors (Lipinski definition) is 3. The maximum atomic E-state index is 12.7. The first-order valence-corrected chi connectivity index (χ1v) is 6.33. The number of aromatic nitrogens is 1. The highest BCUT2D eigenvalue weighted by molar-refractivity contribution is 6.34. The molecule has 0 unspecified atom stereocenters. The van der Waals surface area contributed by atoms with Crippen LogP contribution in [0.2, 0.25) is 5.02 Å². The van der Waals surface area contributed by atoms with Gasteiger partial charge in [-0.05, 0) is 30.3 Å². The van der Waals surface area contributed by atoms with Crippen LogP contribution in [0.25, 0.3) is 0 Å². The Bertz CT molecular complexity index is 689. The Morgan fingerprint density at radius 1 is 1.19 bits per heavy atom. The van der Waals surface area contributed by atoms with Gasteiger partial charge in [-0.2, -0.15) is 4.39 Å². The van der Waals surface area contributed by atoms with Gasteiger partial charge in [0.15, 0.2) is 0 Å². The number of nitrogens with one attached hydrogen (secondary N) is 2. The number of rotatable bonds is 3. The molecule has 1 heterocycles. The Morgan fingerprint density at radius 3 is 2.52 bits per heavy atom. The Morgan fingerprint density at radius 2 is 1.95 bits per heavy atom. The highest BCUT2D eigenvalue weighted by atomic mass is 35.5. The van der Waals surface area contributed by atoms with Crippen molar-refractivity contribution in [3.05, 3.63) is 53.1 Å². The first kappa shape index (κ1) is 14.9. The molecule has 0 radical (unpaired) electrons. The summed E-state index contributed by atoms with van der Waals surface area (Å²) in [5.41, 5.74) is 1.12. The molecule has 0 bridgehead atoms. The van der Waals surface area contributed by atoms with Crippen molar-refractivity contribution in [1.29, 1.82) is 0 Å². The predicted octanol–water partition coefficient (Wildman–Crippen LogP) is 3.08. The van der Waals surface area contributed by atoms with Crippen LogP contribution in [0.3, 0.4) is 0 Å². The highest BCUT2D eigenvalue weighted by Crippen LogP contribution is 2.25. The van der Waals surface area contributed by atoms with Gasteiger partial charge in [-0.1, -0.05) is 11.6 Å². The van der Waals surface area contributed by atoms with Gasteiger partial charge in [0.2, 0.25) is 11.9 Å². The molecule has 108 valence electrons. The summed E-state index contributed by atoms with van der Waals surface area (Å²) in [6.07, 6.45) is 1.14. The minimum Gasteiger partial charge on any atom is -0.325 e. The van der Waals surface area contributed by atoms with E-state index in [0.717, 1.165) is 12.3 Å². The number of amides is 2. The van der Waals surface area contributed by atoms with Gasteiger partial charge in [0.1, 0.15) is 0 Å². The Kier molecular flexibility index (Phi) is 4.49. The molecule has 0 saturated heterocycles. The van der Waals surface area contributed by atoms with Crippen molar-refractivity contribution in [3.63, 3.8) is 0 Å². The van der Waals surface area contributed by atoms with E-state index in [4.69, 9.17) is 11.6 Å². The molecule has 0 spiro atoms. The standard InChI is InChI=1S/C14H11ClFN3O2/c1-8(20)18-12-4-3-10(6-11(12)15)19-14(21)9-2-5-13(16)17-7-9/h2-7H,1H3,(H,18,20)(H,19,21). The van der Waals surface area contributed by atoms with Crippen LogP contribution in [0.1, 0.15) is 17.3 Å². The van der Waals surface area contributed by atoms with Crippen LogP contribution < -0.4 is 10.6 Å². The van der Waals surface area contributed by atoms with Gasteiger partial charge in [-0.15, -0.1) is 0 Å². The zero-order chi connectivity index (χ0) is 15.4. The number of hydrogen-bond donors (Lipinski definition) is 2. The largest absolute Gasteiger partial charge is 0.325 e. The first-order chi connectivity index (χ1) is 9.95. The molecule has 0 fully saturated rings. The Labute approximate surface area is 125 Å².